The normalized spacial score (nSPS) is 12.8. The SMILES string of the molecule is O=C1c2ccccc2-c2ccccc21.c1ccc2c(c1)CCc1ccccc1-2.c1ccc2c(c1)Cc1cc3c(cc1-2)Cc1ccccc1-3.c1ccc2c(c1)Cc1cc[nH]c1-2.c1ccc2c(c1)Cc1ccc3ccccc3c1-2.c1ccc2c(c1)Cc1ccccc1-2.c1ccc2c(c1)Cc1ccoc1-2.c1ccc2c3c(ccc2c1)Cc1ccc2ccccc2c1-3. The lowest BCUT2D eigenvalue weighted by Gasteiger charge is -2.19. The summed E-state index contributed by atoms with van der Waals surface area (Å²) < 4.78 is 5.40. The molecule has 0 aliphatic heterocycles. The number of aromatic amines is 1. The predicted molar refractivity (Wildman–Crippen MR) is 510 cm³/mol. The summed E-state index contributed by atoms with van der Waals surface area (Å²) in [5.41, 5.74) is 48.2. The van der Waals surface area contributed by atoms with Crippen LogP contribution in [0.1, 0.15) is 105 Å². The second-order valence-corrected chi connectivity index (χ2v) is 33.4. The summed E-state index contributed by atoms with van der Waals surface area (Å²) in [5.74, 6) is 1.21. The topological polar surface area (TPSA) is 46.0 Å². The zero-order chi connectivity index (χ0) is 81.7. The van der Waals surface area contributed by atoms with E-state index in [9.17, 15) is 4.79 Å². The van der Waals surface area contributed by atoms with Gasteiger partial charge in [-0.05, 0) is 263 Å². The van der Waals surface area contributed by atoms with Crippen molar-refractivity contribution in [2.24, 2.45) is 0 Å². The number of fused-ring (bicyclic) bond motifs is 33. The van der Waals surface area contributed by atoms with Crippen molar-refractivity contribution in [3.63, 3.8) is 0 Å². The van der Waals surface area contributed by atoms with Gasteiger partial charge in [-0.15, -0.1) is 0 Å². The molecule has 0 bridgehead atoms. The monoisotopic (exact) mass is 1570 g/mol. The van der Waals surface area contributed by atoms with Crippen LogP contribution in [0, 0.1) is 0 Å². The lowest BCUT2D eigenvalue weighted by Crippen LogP contribution is -2.02. The average Bonchev–Trinajstić information content (AvgIpc) is 1.61. The van der Waals surface area contributed by atoms with E-state index in [1.807, 2.05) is 54.7 Å². The first-order valence-corrected chi connectivity index (χ1v) is 43.3. The molecule has 9 aliphatic carbocycles. The number of aromatic nitrogens is 1. The van der Waals surface area contributed by atoms with Crippen molar-refractivity contribution in [1.82, 2.24) is 4.98 Å². The highest BCUT2D eigenvalue weighted by Gasteiger charge is 2.29. The van der Waals surface area contributed by atoms with Gasteiger partial charge in [-0.25, -0.2) is 0 Å². The van der Waals surface area contributed by atoms with E-state index in [2.05, 4.69) is 357 Å². The number of rotatable bonds is 0. The Morgan fingerprint density at radius 3 is 0.951 bits per heavy atom. The molecule has 0 spiro atoms. The summed E-state index contributed by atoms with van der Waals surface area (Å²) in [6.07, 6.45) is 13.7. The molecule has 20 aromatic rings. The van der Waals surface area contributed by atoms with E-state index < -0.39 is 0 Å². The fourth-order valence-corrected chi connectivity index (χ4v) is 20.5. The molecule has 9 aliphatic rings. The van der Waals surface area contributed by atoms with Gasteiger partial charge >= 0.3 is 0 Å². The minimum atomic E-state index is 0.149. The third-order valence-electron chi connectivity index (χ3n) is 26.3. The third-order valence-corrected chi connectivity index (χ3v) is 26.3. The number of hydrogen-bond acceptors (Lipinski definition) is 2. The maximum Gasteiger partial charge on any atom is 0.194 e. The van der Waals surface area contributed by atoms with Crippen LogP contribution in [-0.4, -0.2) is 10.8 Å². The van der Waals surface area contributed by atoms with E-state index in [0.717, 1.165) is 73.0 Å². The molecule has 2 heterocycles. The first kappa shape index (κ1) is 74.3. The molecule has 2 aromatic heterocycles. The van der Waals surface area contributed by atoms with Gasteiger partial charge in [0.1, 0.15) is 5.76 Å². The van der Waals surface area contributed by atoms with E-state index in [4.69, 9.17) is 4.42 Å². The zero-order valence-electron chi connectivity index (χ0n) is 68.4. The molecule has 0 radical (unpaired) electrons. The molecule has 584 valence electrons. The van der Waals surface area contributed by atoms with Crippen LogP contribution in [0.5, 0.6) is 0 Å². The Morgan fingerprint density at radius 1 is 0.195 bits per heavy atom. The molecule has 3 heteroatoms. The van der Waals surface area contributed by atoms with Gasteiger partial charge in [-0.3, -0.25) is 4.79 Å². The third kappa shape index (κ3) is 13.9. The minimum absolute atomic E-state index is 0.149. The van der Waals surface area contributed by atoms with Crippen molar-refractivity contribution in [2.45, 2.75) is 57.8 Å². The van der Waals surface area contributed by atoms with Crippen molar-refractivity contribution >= 4 is 38.1 Å². The Hall–Kier alpha value is -15.0. The molecule has 0 fully saturated rings. The van der Waals surface area contributed by atoms with Crippen LogP contribution in [-0.2, 0) is 57.8 Å². The maximum atomic E-state index is 11.9. The van der Waals surface area contributed by atoms with Gasteiger partial charge in [-0.1, -0.05) is 376 Å². The van der Waals surface area contributed by atoms with Crippen LogP contribution in [0.25, 0.3) is 133 Å². The van der Waals surface area contributed by atoms with Crippen LogP contribution in [0.2, 0.25) is 0 Å². The smallest absolute Gasteiger partial charge is 0.194 e. The Morgan fingerprint density at radius 2 is 0.488 bits per heavy atom. The van der Waals surface area contributed by atoms with E-state index in [1.54, 1.807) is 6.26 Å². The second-order valence-electron chi connectivity index (χ2n) is 33.4. The Labute approximate surface area is 718 Å². The quantitative estimate of drug-likeness (QED) is 0.164. The fraction of sp³-hybridized carbons (Fsp3) is 0.0750. The molecule has 18 aromatic carbocycles. The number of ketones is 1. The Bertz CT molecular complexity index is 7150. The lowest BCUT2D eigenvalue weighted by molar-refractivity contribution is 0.104. The van der Waals surface area contributed by atoms with Crippen LogP contribution in [0.15, 0.2) is 417 Å². The standard InChI is InChI=1S/C21H14.C20H14.C17H12.C14H12.C13H8O.C13H10.C11H9N.C11H8O/c1-3-7-18-14(5-1)9-11-16-13-17-12-10-15-6-2-4-8-19(15)21(17)20(16)18;1-3-7-17-13(5-1)9-15-11-20-16(12-19(15)17)10-14-6-2-4-8-18(14)20;1-3-7-15-12(5-1)9-10-14-11-13-6-2-4-8-16(13)17(14)15;1-3-7-13-11(5-1)9-10-12-6-2-4-8-14(12)13;14-13-11-7-3-1-5-9(11)10-6-2-4-8-12(10)13;1-3-7-12-10(5-1)9-11-6-2-4-8-13(11)12;2*1-2-4-10-8(3-1)7-9-5-6-12-11(9)10/h1-12H,13H2;1-8,11-12H,9-10H2;1-10H,11H2;1-8H,9-10H2;1-8H;1-8H,9H2;1-6,12H,7H2;1-6H,7H2. The molecule has 0 saturated heterocycles. The van der Waals surface area contributed by atoms with E-state index in [-0.39, 0.29) is 5.78 Å². The van der Waals surface area contributed by atoms with Gasteiger partial charge in [0.25, 0.3) is 0 Å². The van der Waals surface area contributed by atoms with Crippen LogP contribution in [0.3, 0.4) is 0 Å². The Balaban J connectivity index is 0.0000000845. The molecule has 0 unspecified atom stereocenters. The van der Waals surface area contributed by atoms with E-state index >= 15 is 0 Å². The largest absolute Gasteiger partial charge is 0.464 e. The van der Waals surface area contributed by atoms with Gasteiger partial charge in [0.15, 0.2) is 5.78 Å². The highest BCUT2D eigenvalue weighted by atomic mass is 16.3. The number of nitrogens with one attached hydrogen (secondary N) is 1. The second kappa shape index (κ2) is 32.3. The average molecular weight is 1580 g/mol. The number of benzene rings is 18. The van der Waals surface area contributed by atoms with Crippen LogP contribution >= 0.6 is 0 Å². The molecule has 0 amide bonds. The van der Waals surface area contributed by atoms with Crippen molar-refractivity contribution in [2.75, 3.05) is 0 Å². The molecule has 0 atom stereocenters. The molecule has 123 heavy (non-hydrogen) atoms. The van der Waals surface area contributed by atoms with E-state index in [1.165, 1.54) is 218 Å². The highest BCUT2D eigenvalue weighted by molar-refractivity contribution is 6.21. The van der Waals surface area contributed by atoms with Crippen molar-refractivity contribution in [1.29, 1.82) is 0 Å². The first-order chi connectivity index (χ1) is 60.9. The molecule has 1 N–H and O–H groups in total. The number of aryl methyl sites for hydroxylation is 2. The number of carbonyl (C=O) groups excluding carboxylic acids is 1. The van der Waals surface area contributed by atoms with Gasteiger partial charge in [-0.2, -0.15) is 0 Å². The molecular weight excluding hydrogens is 1490 g/mol. The number of hydrogen-bond donors (Lipinski definition) is 1. The molecule has 0 saturated carbocycles. The fourth-order valence-electron chi connectivity index (χ4n) is 20.5. The summed E-state index contributed by atoms with van der Waals surface area (Å²) in [5, 5.41) is 8.14. The predicted octanol–water partition coefficient (Wildman–Crippen LogP) is 29.8. The zero-order valence-corrected chi connectivity index (χ0v) is 68.4. The van der Waals surface area contributed by atoms with E-state index in [0.29, 0.717) is 0 Å². The van der Waals surface area contributed by atoms with Gasteiger partial charge in [0.05, 0.1) is 6.26 Å². The molecule has 29 rings (SSSR count). The molecular formula is C120H87NO2. The summed E-state index contributed by atoms with van der Waals surface area (Å²) >= 11 is 0. The first-order valence-electron chi connectivity index (χ1n) is 43.3. The van der Waals surface area contributed by atoms with Crippen molar-refractivity contribution < 1.29 is 9.21 Å². The maximum absolute atomic E-state index is 11.9. The summed E-state index contributed by atoms with van der Waals surface area (Å²) in [4.78, 5) is 15.2. The Kier molecular flexibility index (Phi) is 19.5. The highest BCUT2D eigenvalue weighted by Crippen LogP contribution is 2.49. The van der Waals surface area contributed by atoms with Gasteiger partial charge < -0.3 is 9.40 Å². The van der Waals surface area contributed by atoms with Gasteiger partial charge in [0.2, 0.25) is 0 Å². The molecule has 3 nitrogen and oxygen atoms in total. The lowest BCUT2D eigenvalue weighted by atomic mass is 9.86. The summed E-state index contributed by atoms with van der Waals surface area (Å²) in [7, 11) is 0. The number of furan rings is 1. The van der Waals surface area contributed by atoms with Crippen LogP contribution in [0.4, 0.5) is 0 Å². The minimum Gasteiger partial charge on any atom is -0.464 e. The van der Waals surface area contributed by atoms with Crippen molar-refractivity contribution in [3.05, 3.63) is 513 Å². The summed E-state index contributed by atoms with van der Waals surface area (Å²) in [6.45, 7) is 0. The van der Waals surface area contributed by atoms with Gasteiger partial charge in [0, 0.05) is 52.5 Å². The summed E-state index contributed by atoms with van der Waals surface area (Å²) in [6, 6.07) is 142. The number of H-pyrrole nitrogens is 1. The van der Waals surface area contributed by atoms with Crippen LogP contribution < -0.4 is 0 Å². The van der Waals surface area contributed by atoms with Crippen molar-refractivity contribution in [3.8, 4) is 100 Å². The number of carbonyl (C=O) groups is 1.